The second-order valence-corrected chi connectivity index (χ2v) is 6.71. The minimum atomic E-state index is -3.58. The van der Waals surface area contributed by atoms with Gasteiger partial charge in [-0.25, -0.2) is 8.42 Å². The van der Waals surface area contributed by atoms with Crippen molar-refractivity contribution in [2.45, 2.75) is 29.4 Å². The summed E-state index contributed by atoms with van der Waals surface area (Å²) in [5, 5.41) is 0.362. The normalized spacial score (nSPS) is 18.1. The molecule has 0 aromatic heterocycles. The van der Waals surface area contributed by atoms with E-state index in [0.29, 0.717) is 17.9 Å². The molecular weight excluding hydrogens is 248 g/mol. The van der Waals surface area contributed by atoms with E-state index in [9.17, 15) is 13.2 Å². The SMILES string of the molecule is CC(=O)C1(S(=O)(=O)c2cccc(Cl)c2)CC1. The third-order valence-electron chi connectivity index (χ3n) is 2.97. The first-order valence-corrected chi connectivity index (χ1v) is 6.77. The molecule has 0 radical (unpaired) electrons. The topological polar surface area (TPSA) is 51.2 Å². The van der Waals surface area contributed by atoms with Gasteiger partial charge in [-0.3, -0.25) is 4.79 Å². The minimum Gasteiger partial charge on any atom is -0.298 e. The van der Waals surface area contributed by atoms with E-state index in [1.165, 1.54) is 19.1 Å². The predicted molar refractivity (Wildman–Crippen MR) is 61.3 cm³/mol. The van der Waals surface area contributed by atoms with Crippen LogP contribution in [0.3, 0.4) is 0 Å². The molecule has 0 atom stereocenters. The fraction of sp³-hybridized carbons (Fsp3) is 0.364. The number of halogens is 1. The number of hydrogen-bond acceptors (Lipinski definition) is 3. The Labute approximate surface area is 99.3 Å². The zero-order valence-electron chi connectivity index (χ0n) is 8.73. The van der Waals surface area contributed by atoms with Crippen LogP contribution in [0.4, 0.5) is 0 Å². The summed E-state index contributed by atoms with van der Waals surface area (Å²) in [6.45, 7) is 1.33. The van der Waals surface area contributed by atoms with E-state index in [0.717, 1.165) is 0 Å². The van der Waals surface area contributed by atoms with Gasteiger partial charge < -0.3 is 0 Å². The molecule has 0 bridgehead atoms. The van der Waals surface area contributed by atoms with E-state index in [1.54, 1.807) is 12.1 Å². The van der Waals surface area contributed by atoms with Gasteiger partial charge in [-0.1, -0.05) is 17.7 Å². The van der Waals surface area contributed by atoms with Gasteiger partial charge in [-0.05, 0) is 38.0 Å². The molecule has 0 unspecified atom stereocenters. The van der Waals surface area contributed by atoms with Crippen LogP contribution in [-0.2, 0) is 14.6 Å². The summed E-state index contributed by atoms with van der Waals surface area (Å²) in [4.78, 5) is 11.6. The van der Waals surface area contributed by atoms with Crippen molar-refractivity contribution in [1.29, 1.82) is 0 Å². The Morgan fingerprint density at radius 3 is 2.44 bits per heavy atom. The van der Waals surface area contributed by atoms with Crippen molar-refractivity contribution >= 4 is 27.2 Å². The van der Waals surface area contributed by atoms with Gasteiger partial charge in [0.15, 0.2) is 15.6 Å². The molecule has 2 rings (SSSR count). The molecule has 1 saturated carbocycles. The average molecular weight is 259 g/mol. The van der Waals surface area contributed by atoms with Gasteiger partial charge in [0.1, 0.15) is 4.75 Å². The van der Waals surface area contributed by atoms with Gasteiger partial charge in [-0.15, -0.1) is 0 Å². The highest BCUT2D eigenvalue weighted by Crippen LogP contribution is 2.47. The van der Waals surface area contributed by atoms with E-state index in [4.69, 9.17) is 11.6 Å². The van der Waals surface area contributed by atoms with Crippen LogP contribution in [0.15, 0.2) is 29.2 Å². The highest BCUT2D eigenvalue weighted by molar-refractivity contribution is 7.94. The van der Waals surface area contributed by atoms with Gasteiger partial charge in [0.2, 0.25) is 0 Å². The molecule has 0 amide bonds. The lowest BCUT2D eigenvalue weighted by atomic mass is 10.3. The Kier molecular flexibility index (Phi) is 2.59. The summed E-state index contributed by atoms with van der Waals surface area (Å²) >= 11 is 5.75. The van der Waals surface area contributed by atoms with Crippen molar-refractivity contribution in [1.82, 2.24) is 0 Å². The molecule has 0 N–H and O–H groups in total. The summed E-state index contributed by atoms with van der Waals surface area (Å²) in [6.07, 6.45) is 0.828. The summed E-state index contributed by atoms with van der Waals surface area (Å²) in [5.41, 5.74) is 0. The van der Waals surface area contributed by atoms with E-state index < -0.39 is 14.6 Å². The maximum Gasteiger partial charge on any atom is 0.191 e. The number of benzene rings is 1. The zero-order valence-corrected chi connectivity index (χ0v) is 10.3. The largest absolute Gasteiger partial charge is 0.298 e. The van der Waals surface area contributed by atoms with Crippen LogP contribution < -0.4 is 0 Å². The number of sulfone groups is 1. The molecule has 0 saturated heterocycles. The number of ketones is 1. The molecule has 0 aliphatic heterocycles. The average Bonchev–Trinajstić information content (AvgIpc) is 2.98. The fourth-order valence-corrected chi connectivity index (χ4v) is 4.05. The Morgan fingerprint density at radius 1 is 1.38 bits per heavy atom. The molecule has 86 valence electrons. The van der Waals surface area contributed by atoms with Gasteiger partial charge in [0.25, 0.3) is 0 Å². The quantitative estimate of drug-likeness (QED) is 0.835. The van der Waals surface area contributed by atoms with Gasteiger partial charge >= 0.3 is 0 Å². The first-order chi connectivity index (χ1) is 7.40. The summed E-state index contributed by atoms with van der Waals surface area (Å²) in [7, 11) is -3.58. The molecule has 1 fully saturated rings. The van der Waals surface area contributed by atoms with Crippen molar-refractivity contribution < 1.29 is 13.2 Å². The van der Waals surface area contributed by atoms with Crippen LogP contribution in [0.1, 0.15) is 19.8 Å². The lowest BCUT2D eigenvalue weighted by molar-refractivity contribution is -0.117. The van der Waals surface area contributed by atoms with E-state index in [-0.39, 0.29) is 10.7 Å². The van der Waals surface area contributed by atoms with Crippen molar-refractivity contribution in [3.05, 3.63) is 29.3 Å². The van der Waals surface area contributed by atoms with Gasteiger partial charge in [0, 0.05) is 5.02 Å². The highest BCUT2D eigenvalue weighted by Gasteiger charge is 2.58. The number of hydrogen-bond donors (Lipinski definition) is 0. The molecular formula is C11H11ClO3S. The van der Waals surface area contributed by atoms with Crippen LogP contribution in [0.2, 0.25) is 5.02 Å². The standard InChI is InChI=1S/C11H11ClO3S/c1-8(13)11(5-6-11)16(14,15)10-4-2-3-9(12)7-10/h2-4,7H,5-6H2,1H3. The second-order valence-electron chi connectivity index (χ2n) is 4.01. The maximum atomic E-state index is 12.2. The predicted octanol–water partition coefficient (Wildman–Crippen LogP) is 2.24. The third kappa shape index (κ3) is 1.57. The zero-order chi connectivity index (χ0) is 12.0. The summed E-state index contributed by atoms with van der Waals surface area (Å²) in [5.74, 6) is -0.285. The van der Waals surface area contributed by atoms with Gasteiger partial charge in [0.05, 0.1) is 4.90 Å². The molecule has 0 heterocycles. The number of Topliss-reactive ketones (excluding diaryl/α,β-unsaturated/α-hetero) is 1. The molecule has 1 aromatic carbocycles. The molecule has 0 spiro atoms. The molecule has 1 aliphatic rings. The second kappa shape index (κ2) is 3.57. The van der Waals surface area contributed by atoms with E-state index in [2.05, 4.69) is 0 Å². The lowest BCUT2D eigenvalue weighted by Crippen LogP contribution is -2.30. The summed E-state index contributed by atoms with van der Waals surface area (Å²) < 4.78 is 23.3. The molecule has 5 heteroatoms. The van der Waals surface area contributed by atoms with Crippen molar-refractivity contribution in [2.75, 3.05) is 0 Å². The monoisotopic (exact) mass is 258 g/mol. The Balaban J connectivity index is 2.52. The first kappa shape index (κ1) is 11.6. The van der Waals surface area contributed by atoms with Crippen LogP contribution in [-0.4, -0.2) is 18.9 Å². The number of carbonyl (C=O) groups excluding carboxylic acids is 1. The van der Waals surface area contributed by atoms with E-state index >= 15 is 0 Å². The Morgan fingerprint density at radius 2 is 2.00 bits per heavy atom. The van der Waals surface area contributed by atoms with Crippen molar-refractivity contribution in [2.24, 2.45) is 0 Å². The lowest BCUT2D eigenvalue weighted by Gasteiger charge is -2.12. The number of rotatable bonds is 3. The Bertz CT molecular complexity index is 544. The van der Waals surface area contributed by atoms with E-state index in [1.807, 2.05) is 0 Å². The van der Waals surface area contributed by atoms with Crippen LogP contribution in [0.25, 0.3) is 0 Å². The molecule has 16 heavy (non-hydrogen) atoms. The van der Waals surface area contributed by atoms with Crippen molar-refractivity contribution in [3.8, 4) is 0 Å². The van der Waals surface area contributed by atoms with Crippen LogP contribution >= 0.6 is 11.6 Å². The van der Waals surface area contributed by atoms with Crippen LogP contribution in [0.5, 0.6) is 0 Å². The summed E-state index contributed by atoms with van der Waals surface area (Å²) in [6, 6.07) is 6.05. The molecule has 1 aromatic rings. The molecule has 3 nitrogen and oxygen atoms in total. The Hall–Kier alpha value is -0.870. The number of carbonyl (C=O) groups is 1. The first-order valence-electron chi connectivity index (χ1n) is 4.91. The van der Waals surface area contributed by atoms with Gasteiger partial charge in [-0.2, -0.15) is 0 Å². The molecule has 1 aliphatic carbocycles. The third-order valence-corrected chi connectivity index (χ3v) is 5.80. The highest BCUT2D eigenvalue weighted by atomic mass is 35.5. The smallest absolute Gasteiger partial charge is 0.191 e. The van der Waals surface area contributed by atoms with Crippen LogP contribution in [0, 0.1) is 0 Å². The van der Waals surface area contributed by atoms with Crippen molar-refractivity contribution in [3.63, 3.8) is 0 Å². The fourth-order valence-electron chi connectivity index (χ4n) is 1.78. The minimum absolute atomic E-state index is 0.132. The maximum absolute atomic E-state index is 12.2.